The van der Waals surface area contributed by atoms with Gasteiger partial charge >= 0.3 is 0 Å². The molecule has 1 unspecified atom stereocenters. The van der Waals surface area contributed by atoms with Crippen molar-refractivity contribution in [3.8, 4) is 0 Å². The smallest absolute Gasteiger partial charge is 0.201 e. The molecule has 4 nitrogen and oxygen atoms in total. The van der Waals surface area contributed by atoms with Gasteiger partial charge in [0.05, 0.1) is 16.2 Å². The van der Waals surface area contributed by atoms with Crippen LogP contribution in [0.25, 0.3) is 0 Å². The summed E-state index contributed by atoms with van der Waals surface area (Å²) in [6, 6.07) is 0. The number of Topliss-reactive ketones (excluding diaryl/α,β-unsaturated/α-hetero) is 1. The summed E-state index contributed by atoms with van der Waals surface area (Å²) >= 11 is 3.45. The Labute approximate surface area is 116 Å². The van der Waals surface area contributed by atoms with Gasteiger partial charge in [-0.3, -0.25) is 9.48 Å². The van der Waals surface area contributed by atoms with Crippen molar-refractivity contribution in [3.05, 3.63) is 16.4 Å². The second kappa shape index (κ2) is 5.53. The van der Waals surface area contributed by atoms with Crippen molar-refractivity contribution in [1.29, 1.82) is 0 Å². The lowest BCUT2D eigenvalue weighted by molar-refractivity contribution is 0.0845. The molecule has 1 atom stereocenters. The largest absolute Gasteiger partial charge is 0.305 e. The molecule has 0 aliphatic carbocycles. The molecule has 5 heteroatoms. The zero-order valence-corrected chi connectivity index (χ0v) is 12.6. The first-order valence-corrected chi connectivity index (χ1v) is 7.45. The van der Waals surface area contributed by atoms with Crippen molar-refractivity contribution in [2.45, 2.75) is 51.6 Å². The molecule has 0 spiro atoms. The first-order chi connectivity index (χ1) is 8.64. The summed E-state index contributed by atoms with van der Waals surface area (Å²) in [5.74, 6) is 0.188. The lowest BCUT2D eigenvalue weighted by Gasteiger charge is -2.27. The predicted molar refractivity (Wildman–Crippen MR) is 74.8 cm³/mol. The van der Waals surface area contributed by atoms with Crippen LogP contribution in [-0.4, -0.2) is 27.6 Å². The average Bonchev–Trinajstić information content (AvgIpc) is 2.96. The van der Waals surface area contributed by atoms with Crippen LogP contribution in [0.1, 0.15) is 50.0 Å². The minimum atomic E-state index is -0.371. The quantitative estimate of drug-likeness (QED) is 0.850. The number of carbonyl (C=O) groups excluding carboxylic acids is 1. The standard InChI is InChI=1S/C13H20BrN3O/c1-3-6-13(7-5-8-15-13)12(18)11-10(14)9-16-17(11)4-2/h9,15H,3-8H2,1-2H3. The van der Waals surface area contributed by atoms with Crippen molar-refractivity contribution in [3.63, 3.8) is 0 Å². The van der Waals surface area contributed by atoms with E-state index in [0.29, 0.717) is 5.69 Å². The Hall–Kier alpha value is -0.680. The number of halogens is 1. The number of ketones is 1. The highest BCUT2D eigenvalue weighted by Gasteiger charge is 2.42. The molecule has 2 rings (SSSR count). The molecule has 0 radical (unpaired) electrons. The SMILES string of the molecule is CCCC1(C(=O)c2c(Br)cnn2CC)CCCN1. The maximum atomic E-state index is 12.9. The van der Waals surface area contributed by atoms with Crippen molar-refractivity contribution in [2.75, 3.05) is 6.54 Å². The van der Waals surface area contributed by atoms with E-state index in [1.807, 2.05) is 6.92 Å². The predicted octanol–water partition coefficient (Wildman–Crippen LogP) is 2.77. The highest BCUT2D eigenvalue weighted by Crippen LogP contribution is 2.31. The van der Waals surface area contributed by atoms with Gasteiger partial charge in [-0.05, 0) is 48.7 Å². The summed E-state index contributed by atoms with van der Waals surface area (Å²) in [4.78, 5) is 12.9. The zero-order chi connectivity index (χ0) is 13.2. The summed E-state index contributed by atoms with van der Waals surface area (Å²) in [6.45, 7) is 5.78. The van der Waals surface area contributed by atoms with Gasteiger partial charge in [0.2, 0.25) is 5.78 Å². The topological polar surface area (TPSA) is 46.9 Å². The lowest BCUT2D eigenvalue weighted by Crippen LogP contribution is -2.48. The van der Waals surface area contributed by atoms with Crippen molar-refractivity contribution < 1.29 is 4.79 Å². The Morgan fingerprint density at radius 3 is 2.94 bits per heavy atom. The number of hydrogen-bond acceptors (Lipinski definition) is 3. The molecule has 1 fully saturated rings. The number of nitrogens with zero attached hydrogens (tertiary/aromatic N) is 2. The number of rotatable bonds is 5. The van der Waals surface area contributed by atoms with Crippen LogP contribution in [0.3, 0.4) is 0 Å². The highest BCUT2D eigenvalue weighted by molar-refractivity contribution is 9.10. The molecule has 2 heterocycles. The number of nitrogens with one attached hydrogen (secondary N) is 1. The van der Waals surface area contributed by atoms with E-state index in [1.165, 1.54) is 0 Å². The van der Waals surface area contributed by atoms with E-state index in [1.54, 1.807) is 10.9 Å². The molecular formula is C13H20BrN3O. The van der Waals surface area contributed by atoms with Gasteiger partial charge in [0.15, 0.2) is 0 Å². The summed E-state index contributed by atoms with van der Waals surface area (Å²) < 4.78 is 2.59. The monoisotopic (exact) mass is 313 g/mol. The third kappa shape index (κ3) is 2.26. The van der Waals surface area contributed by atoms with Gasteiger partial charge in [0, 0.05) is 6.54 Å². The molecule has 1 aliphatic heterocycles. The summed E-state index contributed by atoms with van der Waals surface area (Å²) in [6.07, 6.45) is 5.62. The number of aryl methyl sites for hydroxylation is 1. The highest BCUT2D eigenvalue weighted by atomic mass is 79.9. The van der Waals surface area contributed by atoms with Gasteiger partial charge in [0.25, 0.3) is 0 Å². The van der Waals surface area contributed by atoms with Crippen LogP contribution in [-0.2, 0) is 6.54 Å². The Balaban J connectivity index is 2.36. The van der Waals surface area contributed by atoms with E-state index in [2.05, 4.69) is 33.3 Å². The van der Waals surface area contributed by atoms with Gasteiger partial charge < -0.3 is 5.32 Å². The van der Waals surface area contributed by atoms with E-state index in [0.717, 1.165) is 43.2 Å². The normalized spacial score (nSPS) is 23.5. The molecule has 1 N–H and O–H groups in total. The summed E-state index contributed by atoms with van der Waals surface area (Å²) in [5.41, 5.74) is 0.338. The van der Waals surface area contributed by atoms with Crippen LogP contribution in [0, 0.1) is 0 Å². The van der Waals surface area contributed by atoms with Crippen LogP contribution in [0.2, 0.25) is 0 Å². The molecule has 1 saturated heterocycles. The molecular weight excluding hydrogens is 294 g/mol. The maximum absolute atomic E-state index is 12.9. The van der Waals surface area contributed by atoms with E-state index in [-0.39, 0.29) is 11.3 Å². The van der Waals surface area contributed by atoms with Crippen LogP contribution in [0.5, 0.6) is 0 Å². The number of aromatic nitrogens is 2. The second-order valence-corrected chi connectivity index (χ2v) is 5.70. The third-order valence-corrected chi connectivity index (χ3v) is 4.24. The van der Waals surface area contributed by atoms with E-state index >= 15 is 0 Å². The second-order valence-electron chi connectivity index (χ2n) is 4.85. The van der Waals surface area contributed by atoms with E-state index in [4.69, 9.17) is 0 Å². The van der Waals surface area contributed by atoms with Crippen LogP contribution >= 0.6 is 15.9 Å². The van der Waals surface area contributed by atoms with Crippen molar-refractivity contribution in [2.24, 2.45) is 0 Å². The fourth-order valence-electron chi connectivity index (χ4n) is 2.81. The molecule has 100 valence electrons. The Bertz CT molecular complexity index is 435. The molecule has 0 aromatic carbocycles. The van der Waals surface area contributed by atoms with E-state index in [9.17, 15) is 4.79 Å². The molecule has 1 aromatic rings. The Morgan fingerprint density at radius 2 is 2.39 bits per heavy atom. The van der Waals surface area contributed by atoms with Gasteiger partial charge in [-0.2, -0.15) is 5.10 Å². The zero-order valence-electron chi connectivity index (χ0n) is 11.0. The summed E-state index contributed by atoms with van der Waals surface area (Å²) in [5, 5.41) is 7.67. The summed E-state index contributed by atoms with van der Waals surface area (Å²) in [7, 11) is 0. The third-order valence-electron chi connectivity index (χ3n) is 3.66. The van der Waals surface area contributed by atoms with E-state index < -0.39 is 0 Å². The first kappa shape index (κ1) is 13.7. The van der Waals surface area contributed by atoms with Gasteiger partial charge in [-0.15, -0.1) is 0 Å². The minimum absolute atomic E-state index is 0.188. The molecule has 1 aliphatic rings. The maximum Gasteiger partial charge on any atom is 0.201 e. The van der Waals surface area contributed by atoms with Gasteiger partial charge in [-0.25, -0.2) is 0 Å². The lowest BCUT2D eigenvalue weighted by atomic mass is 9.85. The average molecular weight is 314 g/mol. The Morgan fingerprint density at radius 1 is 1.61 bits per heavy atom. The van der Waals surface area contributed by atoms with Crippen LogP contribution in [0.15, 0.2) is 10.7 Å². The minimum Gasteiger partial charge on any atom is -0.305 e. The molecule has 0 amide bonds. The molecule has 18 heavy (non-hydrogen) atoms. The van der Waals surface area contributed by atoms with Gasteiger partial charge in [-0.1, -0.05) is 13.3 Å². The molecule has 0 bridgehead atoms. The Kier molecular flexibility index (Phi) is 4.22. The van der Waals surface area contributed by atoms with Crippen LogP contribution in [0.4, 0.5) is 0 Å². The van der Waals surface area contributed by atoms with Gasteiger partial charge in [0.1, 0.15) is 5.69 Å². The molecule has 1 aromatic heterocycles. The number of hydrogen-bond donors (Lipinski definition) is 1. The fourth-order valence-corrected chi connectivity index (χ4v) is 3.28. The van der Waals surface area contributed by atoms with Crippen molar-refractivity contribution in [1.82, 2.24) is 15.1 Å². The number of carbonyl (C=O) groups is 1. The van der Waals surface area contributed by atoms with Crippen molar-refractivity contribution >= 4 is 21.7 Å². The first-order valence-electron chi connectivity index (χ1n) is 6.65. The molecule has 0 saturated carbocycles. The fraction of sp³-hybridized carbons (Fsp3) is 0.692. The van der Waals surface area contributed by atoms with Crippen LogP contribution < -0.4 is 5.32 Å².